The van der Waals surface area contributed by atoms with Gasteiger partial charge in [-0.25, -0.2) is 9.97 Å². The first-order valence-corrected chi connectivity index (χ1v) is 7.55. The predicted molar refractivity (Wildman–Crippen MR) is 73.5 cm³/mol. The van der Waals surface area contributed by atoms with Crippen LogP contribution in [-0.2, 0) is 0 Å². The van der Waals surface area contributed by atoms with Crippen molar-refractivity contribution in [2.45, 2.75) is 44.1 Å². The van der Waals surface area contributed by atoms with E-state index in [1.807, 2.05) is 11.8 Å². The van der Waals surface area contributed by atoms with Crippen LogP contribution in [0, 0.1) is 5.92 Å². The average molecular weight is 251 g/mol. The summed E-state index contributed by atoms with van der Waals surface area (Å²) in [5.74, 6) is 3.07. The molecule has 0 spiro atoms. The van der Waals surface area contributed by atoms with Gasteiger partial charge in [0, 0.05) is 18.4 Å². The lowest BCUT2D eigenvalue weighted by atomic mass is 10.1. The standard InChI is InChI=1S/C13H21N3S/c1-2-7-14-12-8-13(16-10-15-12)17-9-11-5-3-4-6-11/h8,10-11H,2-7,9H2,1H3,(H,14,15,16). The summed E-state index contributed by atoms with van der Waals surface area (Å²) in [5, 5.41) is 4.40. The van der Waals surface area contributed by atoms with Gasteiger partial charge in [0.05, 0.1) is 0 Å². The molecule has 0 aliphatic heterocycles. The van der Waals surface area contributed by atoms with Crippen LogP contribution in [0.4, 0.5) is 5.82 Å². The van der Waals surface area contributed by atoms with Crippen molar-refractivity contribution in [1.82, 2.24) is 9.97 Å². The summed E-state index contributed by atoms with van der Waals surface area (Å²) < 4.78 is 0. The van der Waals surface area contributed by atoms with Gasteiger partial charge in [-0.2, -0.15) is 0 Å². The van der Waals surface area contributed by atoms with Crippen LogP contribution in [0.15, 0.2) is 17.4 Å². The highest BCUT2D eigenvalue weighted by molar-refractivity contribution is 7.99. The molecule has 0 radical (unpaired) electrons. The van der Waals surface area contributed by atoms with E-state index in [0.29, 0.717) is 0 Å². The van der Waals surface area contributed by atoms with Gasteiger partial charge in [0.1, 0.15) is 17.2 Å². The zero-order valence-corrected chi connectivity index (χ0v) is 11.3. The topological polar surface area (TPSA) is 37.8 Å². The van der Waals surface area contributed by atoms with Crippen molar-refractivity contribution in [3.05, 3.63) is 12.4 Å². The molecule has 0 saturated heterocycles. The minimum Gasteiger partial charge on any atom is -0.370 e. The second-order valence-corrected chi connectivity index (χ2v) is 5.67. The highest BCUT2D eigenvalue weighted by atomic mass is 32.2. The Balaban J connectivity index is 1.82. The minimum atomic E-state index is 0.905. The van der Waals surface area contributed by atoms with E-state index in [2.05, 4.69) is 28.3 Å². The molecule has 0 aromatic carbocycles. The smallest absolute Gasteiger partial charge is 0.130 e. The number of anilines is 1. The molecule has 0 bridgehead atoms. The fourth-order valence-electron chi connectivity index (χ4n) is 2.15. The van der Waals surface area contributed by atoms with Crippen molar-refractivity contribution in [3.8, 4) is 0 Å². The quantitative estimate of drug-likeness (QED) is 0.619. The van der Waals surface area contributed by atoms with E-state index in [1.54, 1.807) is 6.33 Å². The van der Waals surface area contributed by atoms with Crippen LogP contribution in [-0.4, -0.2) is 22.3 Å². The third-order valence-corrected chi connectivity index (χ3v) is 4.30. The zero-order chi connectivity index (χ0) is 11.9. The van der Waals surface area contributed by atoms with E-state index in [9.17, 15) is 0 Å². The van der Waals surface area contributed by atoms with Crippen LogP contribution in [0.1, 0.15) is 39.0 Å². The van der Waals surface area contributed by atoms with E-state index in [4.69, 9.17) is 0 Å². The van der Waals surface area contributed by atoms with Crippen LogP contribution in [0.2, 0.25) is 0 Å². The molecule has 94 valence electrons. The Kier molecular flexibility index (Phi) is 5.10. The molecule has 1 aliphatic carbocycles. The summed E-state index contributed by atoms with van der Waals surface area (Å²) >= 11 is 1.87. The second kappa shape index (κ2) is 6.84. The van der Waals surface area contributed by atoms with Gasteiger partial charge >= 0.3 is 0 Å². The number of hydrogen-bond acceptors (Lipinski definition) is 4. The number of nitrogens with one attached hydrogen (secondary N) is 1. The maximum absolute atomic E-state index is 4.32. The van der Waals surface area contributed by atoms with E-state index >= 15 is 0 Å². The number of thioether (sulfide) groups is 1. The summed E-state index contributed by atoms with van der Waals surface area (Å²) in [6.07, 6.45) is 8.41. The van der Waals surface area contributed by atoms with Crippen molar-refractivity contribution in [3.63, 3.8) is 0 Å². The summed E-state index contributed by atoms with van der Waals surface area (Å²) in [5.41, 5.74) is 0. The molecule has 4 heteroatoms. The van der Waals surface area contributed by atoms with Gasteiger partial charge < -0.3 is 5.32 Å². The van der Waals surface area contributed by atoms with Gasteiger partial charge in [-0.05, 0) is 25.2 Å². The first-order valence-electron chi connectivity index (χ1n) is 6.57. The molecule has 1 heterocycles. The third-order valence-electron chi connectivity index (χ3n) is 3.14. The van der Waals surface area contributed by atoms with E-state index in [-0.39, 0.29) is 0 Å². The first-order chi connectivity index (χ1) is 8.38. The zero-order valence-electron chi connectivity index (χ0n) is 10.5. The SMILES string of the molecule is CCCNc1cc(SCC2CCCC2)ncn1. The lowest BCUT2D eigenvalue weighted by molar-refractivity contribution is 0.623. The highest BCUT2D eigenvalue weighted by Crippen LogP contribution is 2.30. The third kappa shape index (κ3) is 4.19. The molecular formula is C13H21N3S. The molecule has 2 rings (SSSR count). The Morgan fingerprint density at radius 1 is 1.35 bits per heavy atom. The van der Waals surface area contributed by atoms with Crippen LogP contribution < -0.4 is 5.32 Å². The number of aromatic nitrogens is 2. The van der Waals surface area contributed by atoms with Gasteiger partial charge in [-0.15, -0.1) is 11.8 Å². The minimum absolute atomic E-state index is 0.905. The number of rotatable bonds is 6. The Morgan fingerprint density at radius 2 is 2.18 bits per heavy atom. The average Bonchev–Trinajstić information content (AvgIpc) is 2.87. The van der Waals surface area contributed by atoms with E-state index in [0.717, 1.165) is 29.7 Å². The molecule has 0 unspecified atom stereocenters. The molecule has 17 heavy (non-hydrogen) atoms. The lowest BCUT2D eigenvalue weighted by Crippen LogP contribution is -2.03. The fourth-order valence-corrected chi connectivity index (χ4v) is 3.20. The lowest BCUT2D eigenvalue weighted by Gasteiger charge is -2.08. The molecule has 1 N–H and O–H groups in total. The molecule has 3 nitrogen and oxygen atoms in total. The number of nitrogens with zero attached hydrogens (tertiary/aromatic N) is 2. The second-order valence-electron chi connectivity index (χ2n) is 4.63. The van der Waals surface area contributed by atoms with Gasteiger partial charge in [0.2, 0.25) is 0 Å². The largest absolute Gasteiger partial charge is 0.370 e. The summed E-state index contributed by atoms with van der Waals surface area (Å²) in [4.78, 5) is 8.54. The molecular weight excluding hydrogens is 230 g/mol. The van der Waals surface area contributed by atoms with Gasteiger partial charge in [-0.3, -0.25) is 0 Å². The molecule has 1 aromatic rings. The molecule has 1 fully saturated rings. The van der Waals surface area contributed by atoms with E-state index < -0.39 is 0 Å². The predicted octanol–water partition coefficient (Wildman–Crippen LogP) is 3.58. The Labute approximate surface area is 108 Å². The van der Waals surface area contributed by atoms with Crippen LogP contribution >= 0.6 is 11.8 Å². The molecule has 0 amide bonds. The summed E-state index contributed by atoms with van der Waals surface area (Å²) in [7, 11) is 0. The van der Waals surface area contributed by atoms with Gasteiger partial charge in [-0.1, -0.05) is 19.8 Å². The van der Waals surface area contributed by atoms with Gasteiger partial charge in [0.15, 0.2) is 0 Å². The molecule has 1 saturated carbocycles. The van der Waals surface area contributed by atoms with Crippen LogP contribution in [0.3, 0.4) is 0 Å². The normalized spacial score (nSPS) is 16.3. The monoisotopic (exact) mass is 251 g/mol. The van der Waals surface area contributed by atoms with Crippen LogP contribution in [0.5, 0.6) is 0 Å². The molecule has 1 aromatic heterocycles. The fraction of sp³-hybridized carbons (Fsp3) is 0.692. The summed E-state index contributed by atoms with van der Waals surface area (Å²) in [6, 6.07) is 2.06. The van der Waals surface area contributed by atoms with Crippen molar-refractivity contribution in [2.75, 3.05) is 17.6 Å². The van der Waals surface area contributed by atoms with Gasteiger partial charge in [0.25, 0.3) is 0 Å². The molecule has 0 atom stereocenters. The Morgan fingerprint density at radius 3 is 2.94 bits per heavy atom. The Bertz CT molecular complexity index is 337. The van der Waals surface area contributed by atoms with Crippen molar-refractivity contribution < 1.29 is 0 Å². The van der Waals surface area contributed by atoms with Crippen molar-refractivity contribution >= 4 is 17.6 Å². The summed E-state index contributed by atoms with van der Waals surface area (Å²) in [6.45, 7) is 3.13. The van der Waals surface area contributed by atoms with Crippen LogP contribution in [0.25, 0.3) is 0 Å². The first kappa shape index (κ1) is 12.7. The van der Waals surface area contributed by atoms with Crippen molar-refractivity contribution in [2.24, 2.45) is 5.92 Å². The maximum Gasteiger partial charge on any atom is 0.130 e. The van der Waals surface area contributed by atoms with Crippen molar-refractivity contribution in [1.29, 1.82) is 0 Å². The maximum atomic E-state index is 4.32. The molecule has 1 aliphatic rings. The highest BCUT2D eigenvalue weighted by Gasteiger charge is 2.15. The number of hydrogen-bond donors (Lipinski definition) is 1. The van der Waals surface area contributed by atoms with E-state index in [1.165, 1.54) is 31.4 Å². The Hall–Kier alpha value is -0.770.